The van der Waals surface area contributed by atoms with Gasteiger partial charge in [0.2, 0.25) is 5.91 Å². The lowest BCUT2D eigenvalue weighted by atomic mass is 10.1. The van der Waals surface area contributed by atoms with Crippen LogP contribution >= 0.6 is 0 Å². The van der Waals surface area contributed by atoms with Crippen molar-refractivity contribution in [2.75, 3.05) is 6.54 Å². The molecule has 0 fully saturated rings. The van der Waals surface area contributed by atoms with E-state index in [-0.39, 0.29) is 18.1 Å². The summed E-state index contributed by atoms with van der Waals surface area (Å²) in [5.74, 6) is -0.110. The predicted octanol–water partition coefficient (Wildman–Crippen LogP) is 1.34. The lowest BCUT2D eigenvalue weighted by Crippen LogP contribution is -2.23. The number of amides is 1. The summed E-state index contributed by atoms with van der Waals surface area (Å²) >= 11 is 0. The van der Waals surface area contributed by atoms with Gasteiger partial charge in [-0.15, -0.1) is 0 Å². The highest BCUT2D eigenvalue weighted by Crippen LogP contribution is 2.17. The van der Waals surface area contributed by atoms with E-state index in [0.29, 0.717) is 18.5 Å². The number of nitrogens with zero attached hydrogens (tertiary/aromatic N) is 1. The van der Waals surface area contributed by atoms with Gasteiger partial charge in [0, 0.05) is 24.6 Å². The topological polar surface area (TPSA) is 98.3 Å². The zero-order valence-corrected chi connectivity index (χ0v) is 10.1. The van der Waals surface area contributed by atoms with Crippen LogP contribution in [0.25, 0.3) is 0 Å². The number of nitrogens with one attached hydrogen (secondary N) is 1. The molecular weight excluding hydrogens is 234 g/mol. The minimum Gasteiger partial charge on any atom is -0.352 e. The summed E-state index contributed by atoms with van der Waals surface area (Å²) in [6, 6.07) is 6.38. The Bertz CT molecular complexity index is 421. The Hall–Kier alpha value is -1.95. The first kappa shape index (κ1) is 14.1. The molecule has 0 unspecified atom stereocenters. The molecule has 6 nitrogen and oxygen atoms in total. The molecular formula is C12H17N3O3. The van der Waals surface area contributed by atoms with Crippen LogP contribution in [0.2, 0.25) is 0 Å². The standard InChI is InChI=1S/C12H17N3O3/c13-8-4-3-7-12(16)14-9-10-5-1-2-6-11(10)15(17)18/h1-2,5-6H,3-4,7-9,13H2,(H,14,16). The van der Waals surface area contributed by atoms with E-state index in [1.165, 1.54) is 6.07 Å². The van der Waals surface area contributed by atoms with Crippen LogP contribution in [0.1, 0.15) is 24.8 Å². The van der Waals surface area contributed by atoms with Crippen molar-refractivity contribution in [3.63, 3.8) is 0 Å². The maximum atomic E-state index is 11.5. The smallest absolute Gasteiger partial charge is 0.274 e. The average molecular weight is 251 g/mol. The third-order valence-electron chi connectivity index (χ3n) is 2.52. The summed E-state index contributed by atoms with van der Waals surface area (Å²) in [5, 5.41) is 13.4. The minimum atomic E-state index is -0.449. The summed E-state index contributed by atoms with van der Waals surface area (Å²) in [6.07, 6.45) is 1.94. The van der Waals surface area contributed by atoms with Crippen molar-refractivity contribution >= 4 is 11.6 Å². The van der Waals surface area contributed by atoms with Gasteiger partial charge in [0.25, 0.3) is 5.69 Å². The van der Waals surface area contributed by atoms with Gasteiger partial charge >= 0.3 is 0 Å². The van der Waals surface area contributed by atoms with Gasteiger partial charge in [-0.25, -0.2) is 0 Å². The Morgan fingerprint density at radius 1 is 1.33 bits per heavy atom. The van der Waals surface area contributed by atoms with Crippen molar-refractivity contribution in [2.45, 2.75) is 25.8 Å². The third kappa shape index (κ3) is 4.50. The van der Waals surface area contributed by atoms with Gasteiger partial charge in [-0.2, -0.15) is 0 Å². The van der Waals surface area contributed by atoms with Gasteiger partial charge in [0.1, 0.15) is 0 Å². The molecule has 0 aromatic heterocycles. The number of hydrogen-bond donors (Lipinski definition) is 2. The first-order valence-corrected chi connectivity index (χ1v) is 5.84. The molecule has 0 atom stereocenters. The van der Waals surface area contributed by atoms with E-state index >= 15 is 0 Å². The number of carbonyl (C=O) groups excluding carboxylic acids is 1. The molecule has 0 aliphatic heterocycles. The maximum absolute atomic E-state index is 11.5. The minimum absolute atomic E-state index is 0.0276. The molecule has 1 aromatic rings. The van der Waals surface area contributed by atoms with E-state index < -0.39 is 4.92 Å². The van der Waals surface area contributed by atoms with Crippen molar-refractivity contribution in [3.05, 3.63) is 39.9 Å². The lowest BCUT2D eigenvalue weighted by Gasteiger charge is -2.05. The van der Waals surface area contributed by atoms with Crippen molar-refractivity contribution in [2.24, 2.45) is 5.73 Å². The zero-order chi connectivity index (χ0) is 13.4. The van der Waals surface area contributed by atoms with Crippen molar-refractivity contribution in [1.82, 2.24) is 5.32 Å². The van der Waals surface area contributed by atoms with E-state index in [4.69, 9.17) is 5.73 Å². The van der Waals surface area contributed by atoms with E-state index in [2.05, 4.69) is 5.32 Å². The second kappa shape index (κ2) is 7.39. The largest absolute Gasteiger partial charge is 0.352 e. The zero-order valence-electron chi connectivity index (χ0n) is 10.1. The van der Waals surface area contributed by atoms with Gasteiger partial charge in [-0.3, -0.25) is 14.9 Å². The number of para-hydroxylation sites is 1. The normalized spacial score (nSPS) is 10.1. The summed E-state index contributed by atoms with van der Waals surface area (Å²) < 4.78 is 0. The molecule has 0 heterocycles. The molecule has 1 rings (SSSR count). The van der Waals surface area contributed by atoms with Gasteiger partial charge in [-0.1, -0.05) is 18.2 Å². The number of unbranched alkanes of at least 4 members (excludes halogenated alkanes) is 1. The first-order valence-electron chi connectivity index (χ1n) is 5.84. The number of carbonyl (C=O) groups is 1. The first-order chi connectivity index (χ1) is 8.65. The molecule has 0 aliphatic rings. The number of hydrogen-bond acceptors (Lipinski definition) is 4. The quantitative estimate of drug-likeness (QED) is 0.434. The molecule has 0 saturated carbocycles. The second-order valence-electron chi connectivity index (χ2n) is 3.91. The molecule has 18 heavy (non-hydrogen) atoms. The summed E-state index contributed by atoms with van der Waals surface area (Å²) in [7, 11) is 0. The molecule has 0 aliphatic carbocycles. The SMILES string of the molecule is NCCCCC(=O)NCc1ccccc1[N+](=O)[O-]. The number of nitro groups is 1. The summed E-state index contributed by atoms with van der Waals surface area (Å²) in [4.78, 5) is 21.8. The Morgan fingerprint density at radius 2 is 2.06 bits per heavy atom. The maximum Gasteiger partial charge on any atom is 0.274 e. The lowest BCUT2D eigenvalue weighted by molar-refractivity contribution is -0.385. The molecule has 1 aromatic carbocycles. The molecule has 0 saturated heterocycles. The van der Waals surface area contributed by atoms with Gasteiger partial charge in [0.15, 0.2) is 0 Å². The van der Waals surface area contributed by atoms with E-state index in [1.54, 1.807) is 18.2 Å². The Labute approximate surface area is 105 Å². The number of nitro benzene ring substituents is 1. The highest BCUT2D eigenvalue weighted by atomic mass is 16.6. The fourth-order valence-corrected chi connectivity index (χ4v) is 1.55. The van der Waals surface area contributed by atoms with Crippen LogP contribution in [0.5, 0.6) is 0 Å². The van der Waals surface area contributed by atoms with E-state index in [9.17, 15) is 14.9 Å². The predicted molar refractivity (Wildman–Crippen MR) is 67.8 cm³/mol. The molecule has 0 bridgehead atoms. The molecule has 1 amide bonds. The fourth-order valence-electron chi connectivity index (χ4n) is 1.55. The number of nitrogens with two attached hydrogens (primary N) is 1. The summed E-state index contributed by atoms with van der Waals surface area (Å²) in [6.45, 7) is 0.746. The third-order valence-corrected chi connectivity index (χ3v) is 2.52. The number of rotatable bonds is 7. The van der Waals surface area contributed by atoms with E-state index in [1.807, 2.05) is 0 Å². The van der Waals surface area contributed by atoms with Crippen molar-refractivity contribution < 1.29 is 9.72 Å². The summed E-state index contributed by atoms with van der Waals surface area (Å²) in [5.41, 5.74) is 5.86. The molecule has 6 heteroatoms. The van der Waals surface area contributed by atoms with Gasteiger partial charge < -0.3 is 11.1 Å². The molecule has 0 spiro atoms. The van der Waals surface area contributed by atoms with Crippen LogP contribution in [-0.2, 0) is 11.3 Å². The van der Waals surface area contributed by atoms with Crippen LogP contribution in [0.3, 0.4) is 0 Å². The van der Waals surface area contributed by atoms with Gasteiger partial charge in [-0.05, 0) is 19.4 Å². The molecule has 3 N–H and O–H groups in total. The van der Waals surface area contributed by atoms with Crippen LogP contribution in [-0.4, -0.2) is 17.4 Å². The Balaban J connectivity index is 2.48. The van der Waals surface area contributed by atoms with Crippen LogP contribution < -0.4 is 11.1 Å². The van der Waals surface area contributed by atoms with Crippen LogP contribution in [0.15, 0.2) is 24.3 Å². The van der Waals surface area contributed by atoms with Crippen LogP contribution in [0.4, 0.5) is 5.69 Å². The molecule has 98 valence electrons. The molecule has 0 radical (unpaired) electrons. The van der Waals surface area contributed by atoms with Gasteiger partial charge in [0.05, 0.1) is 4.92 Å². The fraction of sp³-hybridized carbons (Fsp3) is 0.417. The van der Waals surface area contributed by atoms with Crippen molar-refractivity contribution in [1.29, 1.82) is 0 Å². The Kier molecular flexibility index (Phi) is 5.79. The highest BCUT2D eigenvalue weighted by molar-refractivity contribution is 5.75. The second-order valence-corrected chi connectivity index (χ2v) is 3.91. The number of benzene rings is 1. The van der Waals surface area contributed by atoms with Crippen LogP contribution in [0, 0.1) is 10.1 Å². The monoisotopic (exact) mass is 251 g/mol. The highest BCUT2D eigenvalue weighted by Gasteiger charge is 2.12. The van der Waals surface area contributed by atoms with E-state index in [0.717, 1.165) is 12.8 Å². The van der Waals surface area contributed by atoms with Crippen molar-refractivity contribution in [3.8, 4) is 0 Å². The average Bonchev–Trinajstić information content (AvgIpc) is 2.37. The Morgan fingerprint density at radius 3 is 2.72 bits per heavy atom.